The topological polar surface area (TPSA) is 125 Å². The second-order valence-electron chi connectivity index (χ2n) is 5.52. The maximum atomic E-state index is 12.6. The van der Waals surface area contributed by atoms with Crippen molar-refractivity contribution >= 4 is 56.1 Å². The monoisotopic (exact) mass is 452 g/mol. The molecular weight excluding hydrogens is 440 g/mol. The third-order valence-corrected chi connectivity index (χ3v) is 6.10. The smallest absolute Gasteiger partial charge is 0.346 e. The van der Waals surface area contributed by atoms with Crippen LogP contribution in [-0.4, -0.2) is 30.7 Å². The largest absolute Gasteiger partial charge is 0.493 e. The fourth-order valence-electron chi connectivity index (χ4n) is 2.40. The number of para-hydroxylation sites is 1. The number of carbonyl (C=O) groups is 1. The molecular formula is C17H12N2O7S3. The number of carbonyl (C=O) groups excluding carboxylic acids is 1. The van der Waals surface area contributed by atoms with Crippen LogP contribution in [0.2, 0.25) is 0 Å². The minimum absolute atomic E-state index is 0.0625. The van der Waals surface area contributed by atoms with Gasteiger partial charge < -0.3 is 14.2 Å². The molecule has 1 amide bonds. The van der Waals surface area contributed by atoms with Crippen LogP contribution in [0, 0.1) is 10.1 Å². The first-order valence-electron chi connectivity index (χ1n) is 7.82. The van der Waals surface area contributed by atoms with Crippen LogP contribution in [0.5, 0.6) is 11.5 Å². The van der Waals surface area contributed by atoms with Crippen molar-refractivity contribution in [3.8, 4) is 11.5 Å². The number of thiocarbonyl (C=S) groups is 1. The quantitative estimate of drug-likeness (QED) is 0.231. The van der Waals surface area contributed by atoms with Gasteiger partial charge in [0.25, 0.3) is 11.6 Å². The van der Waals surface area contributed by atoms with Crippen LogP contribution in [0.1, 0.15) is 5.56 Å². The number of ether oxygens (including phenoxy) is 1. The summed E-state index contributed by atoms with van der Waals surface area (Å²) in [5.74, 6) is -0.433. The molecule has 12 heteroatoms. The number of nitrogens with one attached hydrogen (secondary N) is 1. The maximum absolute atomic E-state index is 12.6. The van der Waals surface area contributed by atoms with Crippen molar-refractivity contribution in [3.63, 3.8) is 0 Å². The molecule has 150 valence electrons. The lowest BCUT2D eigenvalue weighted by atomic mass is 10.2. The molecule has 0 bridgehead atoms. The number of hydrogen-bond acceptors (Lipinski definition) is 9. The number of nitrogens with zero attached hydrogens (tertiary/aromatic N) is 1. The lowest BCUT2D eigenvalue weighted by Crippen LogP contribution is -2.17. The first kappa shape index (κ1) is 20.8. The maximum Gasteiger partial charge on any atom is 0.346 e. The molecule has 3 rings (SSSR count). The van der Waals surface area contributed by atoms with Gasteiger partial charge in [-0.2, -0.15) is 8.42 Å². The highest BCUT2D eigenvalue weighted by Gasteiger charge is 2.28. The number of benzene rings is 2. The van der Waals surface area contributed by atoms with Gasteiger partial charge in [0.15, 0.2) is 16.4 Å². The van der Waals surface area contributed by atoms with Crippen molar-refractivity contribution in [1.29, 1.82) is 0 Å². The van der Waals surface area contributed by atoms with Crippen LogP contribution in [0.4, 0.5) is 5.69 Å². The number of methoxy groups -OCH3 is 1. The fraction of sp³-hybridized carbons (Fsp3) is 0.0588. The third kappa shape index (κ3) is 4.55. The summed E-state index contributed by atoms with van der Waals surface area (Å²) >= 11 is 6.02. The molecule has 0 aromatic heterocycles. The van der Waals surface area contributed by atoms with Crippen molar-refractivity contribution in [1.82, 2.24) is 5.32 Å². The zero-order chi connectivity index (χ0) is 21.2. The summed E-state index contributed by atoms with van der Waals surface area (Å²) in [7, 11) is -3.19. The van der Waals surface area contributed by atoms with Crippen molar-refractivity contribution < 1.29 is 27.1 Å². The summed E-state index contributed by atoms with van der Waals surface area (Å²) < 4.78 is 35.7. The summed E-state index contributed by atoms with van der Waals surface area (Å²) in [5.41, 5.74) is -0.0623. The molecule has 29 heavy (non-hydrogen) atoms. The van der Waals surface area contributed by atoms with Crippen LogP contribution in [-0.2, 0) is 14.9 Å². The molecule has 0 aliphatic carbocycles. The zero-order valence-electron chi connectivity index (χ0n) is 14.6. The van der Waals surface area contributed by atoms with Gasteiger partial charge in [0.05, 0.1) is 16.9 Å². The predicted octanol–water partition coefficient (Wildman–Crippen LogP) is 2.86. The molecule has 9 nitrogen and oxygen atoms in total. The van der Waals surface area contributed by atoms with E-state index in [2.05, 4.69) is 5.32 Å². The van der Waals surface area contributed by atoms with Gasteiger partial charge >= 0.3 is 10.1 Å². The molecule has 1 aliphatic rings. The Hall–Kier alpha value is -2.96. The molecule has 1 fully saturated rings. The van der Waals surface area contributed by atoms with Gasteiger partial charge in [-0.15, -0.1) is 0 Å². The Morgan fingerprint density at radius 2 is 1.93 bits per heavy atom. The van der Waals surface area contributed by atoms with Crippen LogP contribution in [0.15, 0.2) is 52.3 Å². The highest BCUT2D eigenvalue weighted by Crippen LogP contribution is 2.34. The number of nitro groups is 1. The number of rotatable bonds is 6. The van der Waals surface area contributed by atoms with Crippen molar-refractivity contribution in [2.45, 2.75) is 4.90 Å². The second-order valence-corrected chi connectivity index (χ2v) is 8.76. The third-order valence-electron chi connectivity index (χ3n) is 3.66. The van der Waals surface area contributed by atoms with Gasteiger partial charge in [-0.05, 0) is 29.8 Å². The average molecular weight is 452 g/mol. The SMILES string of the molecule is COc1cc(C=C2SC(=S)NC2=O)ccc1OS(=O)(=O)c1ccccc1[N+](=O)[O-]. The Balaban J connectivity index is 1.94. The molecule has 2 aromatic carbocycles. The van der Waals surface area contributed by atoms with Crippen molar-refractivity contribution in [3.05, 3.63) is 63.0 Å². The Labute approximate surface area is 175 Å². The lowest BCUT2D eigenvalue weighted by Gasteiger charge is -2.11. The fourth-order valence-corrected chi connectivity index (χ4v) is 4.55. The summed E-state index contributed by atoms with van der Waals surface area (Å²) in [5, 5.41) is 13.6. The minimum Gasteiger partial charge on any atom is -0.493 e. The van der Waals surface area contributed by atoms with Gasteiger partial charge in [-0.3, -0.25) is 14.9 Å². The summed E-state index contributed by atoms with van der Waals surface area (Å²) in [6.45, 7) is 0. The van der Waals surface area contributed by atoms with E-state index in [9.17, 15) is 23.3 Å². The molecule has 1 N–H and O–H groups in total. The van der Waals surface area contributed by atoms with Gasteiger partial charge in [0.1, 0.15) is 4.32 Å². The normalized spacial score (nSPS) is 15.3. The van der Waals surface area contributed by atoms with Crippen LogP contribution < -0.4 is 14.2 Å². The zero-order valence-corrected chi connectivity index (χ0v) is 17.1. The number of nitro benzene ring substituents is 1. The Kier molecular flexibility index (Phi) is 5.86. The molecule has 0 spiro atoms. The van der Waals surface area contributed by atoms with E-state index < -0.39 is 25.6 Å². The molecule has 0 saturated carbocycles. The van der Waals surface area contributed by atoms with Crippen molar-refractivity contribution in [2.24, 2.45) is 0 Å². The molecule has 0 atom stereocenters. The average Bonchev–Trinajstić information content (AvgIpc) is 2.99. The number of thioether (sulfide) groups is 1. The van der Waals surface area contributed by atoms with Crippen LogP contribution in [0.3, 0.4) is 0 Å². The Bertz CT molecular complexity index is 1160. The van der Waals surface area contributed by atoms with Gasteiger partial charge in [0, 0.05) is 6.07 Å². The molecule has 2 aromatic rings. The van der Waals surface area contributed by atoms with E-state index >= 15 is 0 Å². The van der Waals surface area contributed by atoms with E-state index in [-0.39, 0.29) is 17.4 Å². The summed E-state index contributed by atoms with van der Waals surface area (Å²) in [6.07, 6.45) is 1.56. The van der Waals surface area contributed by atoms with E-state index in [1.165, 1.54) is 37.4 Å². The van der Waals surface area contributed by atoms with E-state index in [1.807, 2.05) is 0 Å². The van der Waals surface area contributed by atoms with E-state index in [0.29, 0.717) is 14.8 Å². The first-order chi connectivity index (χ1) is 13.7. The second kappa shape index (κ2) is 8.19. The number of hydrogen-bond donors (Lipinski definition) is 1. The molecule has 0 unspecified atom stereocenters. The molecule has 1 heterocycles. The minimum atomic E-state index is -4.50. The first-order valence-corrected chi connectivity index (χ1v) is 10.5. The predicted molar refractivity (Wildman–Crippen MR) is 110 cm³/mol. The van der Waals surface area contributed by atoms with E-state index in [1.54, 1.807) is 6.08 Å². The molecule has 1 aliphatic heterocycles. The van der Waals surface area contributed by atoms with Crippen LogP contribution >= 0.6 is 24.0 Å². The van der Waals surface area contributed by atoms with Gasteiger partial charge in [0.2, 0.25) is 0 Å². The molecule has 0 radical (unpaired) electrons. The highest BCUT2D eigenvalue weighted by atomic mass is 32.2. The highest BCUT2D eigenvalue weighted by molar-refractivity contribution is 8.26. The van der Waals surface area contributed by atoms with E-state index in [4.69, 9.17) is 21.1 Å². The van der Waals surface area contributed by atoms with Gasteiger partial charge in [-0.1, -0.05) is 42.2 Å². The molecule has 1 saturated heterocycles. The number of amides is 1. The Morgan fingerprint density at radius 3 is 2.55 bits per heavy atom. The summed E-state index contributed by atoms with van der Waals surface area (Å²) in [6, 6.07) is 9.15. The standard InChI is InChI=1S/C17H12N2O7S3/c1-25-13-8-10(9-14-16(20)18-17(27)28-14)6-7-12(13)26-29(23,24)15-5-3-2-4-11(15)19(21)22/h2-9H,1H3,(H,18,20,27). The Morgan fingerprint density at radius 1 is 1.21 bits per heavy atom. The van der Waals surface area contributed by atoms with E-state index in [0.717, 1.165) is 23.9 Å². The van der Waals surface area contributed by atoms with Gasteiger partial charge in [-0.25, -0.2) is 0 Å². The lowest BCUT2D eigenvalue weighted by molar-refractivity contribution is -0.387. The van der Waals surface area contributed by atoms with Crippen molar-refractivity contribution in [2.75, 3.05) is 7.11 Å². The van der Waals surface area contributed by atoms with Crippen LogP contribution in [0.25, 0.3) is 6.08 Å². The summed E-state index contributed by atoms with van der Waals surface area (Å²) in [4.78, 5) is 21.9.